The number of nitrogens with one attached hydrogen (secondary N) is 4. The van der Waals surface area contributed by atoms with E-state index in [1.165, 1.54) is 24.3 Å². The van der Waals surface area contributed by atoms with E-state index in [1.807, 2.05) is 0 Å². The fourth-order valence-electron chi connectivity index (χ4n) is 4.10. The van der Waals surface area contributed by atoms with Gasteiger partial charge in [0, 0.05) is 19.3 Å². The van der Waals surface area contributed by atoms with Crippen LogP contribution in [0.1, 0.15) is 51.5 Å². The average Bonchev–Trinajstić information content (AvgIpc) is 2.90. The van der Waals surface area contributed by atoms with Crippen molar-refractivity contribution in [3.05, 3.63) is 29.8 Å². The third-order valence-electron chi connectivity index (χ3n) is 6.59. The van der Waals surface area contributed by atoms with Crippen molar-refractivity contribution in [2.75, 3.05) is 0 Å². The quantitative estimate of drug-likeness (QED) is 0.109. The zero-order valence-electron chi connectivity index (χ0n) is 22.9. The summed E-state index contributed by atoms with van der Waals surface area (Å²) in [5, 5.41) is 28.3. The molecule has 0 unspecified atom stereocenters. The Kier molecular flexibility index (Phi) is 12.4. The topological polar surface area (TPSA) is 258 Å². The largest absolute Gasteiger partial charge is 0.524 e. The number of carbonyl (C=O) groups is 6. The van der Waals surface area contributed by atoms with Gasteiger partial charge in [0.25, 0.3) is 0 Å². The Morgan fingerprint density at radius 2 is 1.57 bits per heavy atom. The first-order chi connectivity index (χ1) is 19.6. The summed E-state index contributed by atoms with van der Waals surface area (Å²) in [4.78, 5) is 90.9. The van der Waals surface area contributed by atoms with Crippen LogP contribution in [0.5, 0.6) is 5.75 Å². The van der Waals surface area contributed by atoms with Gasteiger partial charge in [0.1, 0.15) is 29.9 Å². The van der Waals surface area contributed by atoms with E-state index in [-0.39, 0.29) is 31.4 Å². The summed E-state index contributed by atoms with van der Waals surface area (Å²) in [6.45, 7) is 3.36. The molecule has 1 saturated heterocycles. The molecule has 232 valence electrons. The van der Waals surface area contributed by atoms with Gasteiger partial charge in [0.15, 0.2) is 0 Å². The van der Waals surface area contributed by atoms with E-state index in [0.717, 1.165) is 0 Å². The van der Waals surface area contributed by atoms with Crippen molar-refractivity contribution in [1.29, 1.82) is 0 Å². The minimum Gasteiger partial charge on any atom is -0.481 e. The Balaban J connectivity index is 1.94. The third kappa shape index (κ3) is 11.1. The van der Waals surface area contributed by atoms with Crippen LogP contribution in [0.3, 0.4) is 0 Å². The van der Waals surface area contributed by atoms with E-state index in [1.54, 1.807) is 13.8 Å². The van der Waals surface area contributed by atoms with E-state index in [4.69, 9.17) is 14.9 Å². The minimum atomic E-state index is -4.73. The van der Waals surface area contributed by atoms with Crippen LogP contribution >= 0.6 is 7.82 Å². The number of phosphoric acid groups is 1. The number of carboxylic acids is 2. The average molecular weight is 615 g/mol. The smallest absolute Gasteiger partial charge is 0.481 e. The molecular weight excluding hydrogens is 579 g/mol. The molecule has 4 amide bonds. The lowest BCUT2D eigenvalue weighted by molar-refractivity contribution is -0.144. The maximum Gasteiger partial charge on any atom is 0.524 e. The van der Waals surface area contributed by atoms with Crippen LogP contribution in [0.15, 0.2) is 24.3 Å². The molecule has 8 N–H and O–H groups in total. The summed E-state index contributed by atoms with van der Waals surface area (Å²) >= 11 is 0. The zero-order chi connectivity index (χ0) is 31.6. The SMILES string of the molecule is CC[C@H](C)[C@H](NC(=O)[C@H](CCC(=O)O)NC(=O)CC[C@@H]1NC(=O)[C@H](Cc2ccc(OP(=O)(O)O)cc2)NC1=O)C(=O)O. The zero-order valence-corrected chi connectivity index (χ0v) is 23.8. The molecular formula is C25H35N4O12P. The highest BCUT2D eigenvalue weighted by Crippen LogP contribution is 2.37. The fraction of sp³-hybridized carbons (Fsp3) is 0.520. The Labute approximate surface area is 240 Å². The van der Waals surface area contributed by atoms with Crippen LogP contribution in [0.4, 0.5) is 0 Å². The van der Waals surface area contributed by atoms with Gasteiger partial charge in [0.05, 0.1) is 0 Å². The Hall–Kier alpha value is -4.01. The molecule has 1 aliphatic rings. The first-order valence-electron chi connectivity index (χ1n) is 13.1. The molecule has 0 spiro atoms. The molecule has 2 rings (SSSR count). The van der Waals surface area contributed by atoms with Crippen molar-refractivity contribution in [1.82, 2.24) is 21.3 Å². The lowest BCUT2D eigenvalue weighted by Gasteiger charge is -2.30. The number of rotatable bonds is 16. The molecule has 17 heteroatoms. The summed E-state index contributed by atoms with van der Waals surface area (Å²) in [7, 11) is -4.73. The number of aliphatic carboxylic acids is 2. The molecule has 1 aliphatic heterocycles. The van der Waals surface area contributed by atoms with Gasteiger partial charge in [-0.15, -0.1) is 0 Å². The Morgan fingerprint density at radius 1 is 0.976 bits per heavy atom. The highest BCUT2D eigenvalue weighted by molar-refractivity contribution is 7.46. The number of amides is 4. The van der Waals surface area contributed by atoms with Crippen LogP contribution < -0.4 is 25.8 Å². The van der Waals surface area contributed by atoms with Crippen molar-refractivity contribution >= 4 is 43.4 Å². The van der Waals surface area contributed by atoms with Gasteiger partial charge in [-0.05, 0) is 36.5 Å². The number of piperazine rings is 1. The second-order valence-corrected chi connectivity index (χ2v) is 11.0. The lowest BCUT2D eigenvalue weighted by atomic mass is 9.98. The summed E-state index contributed by atoms with van der Waals surface area (Å²) < 4.78 is 15.4. The Bertz CT molecular complexity index is 1220. The molecule has 1 aromatic rings. The van der Waals surface area contributed by atoms with Crippen molar-refractivity contribution in [3.8, 4) is 5.75 Å². The maximum absolute atomic E-state index is 12.7. The second kappa shape index (κ2) is 15.3. The first-order valence-corrected chi connectivity index (χ1v) is 14.6. The van der Waals surface area contributed by atoms with Crippen molar-refractivity contribution in [2.24, 2.45) is 5.92 Å². The van der Waals surface area contributed by atoms with E-state index in [2.05, 4.69) is 25.8 Å². The molecule has 0 bridgehead atoms. The number of benzene rings is 1. The first kappa shape index (κ1) is 34.2. The van der Waals surface area contributed by atoms with Crippen molar-refractivity contribution < 1.29 is 57.9 Å². The van der Waals surface area contributed by atoms with Gasteiger partial charge < -0.3 is 36.0 Å². The summed E-state index contributed by atoms with van der Waals surface area (Å²) in [5.41, 5.74) is 0.565. The van der Waals surface area contributed by atoms with Gasteiger partial charge in [-0.1, -0.05) is 32.4 Å². The molecule has 0 aromatic heterocycles. The fourth-order valence-corrected chi connectivity index (χ4v) is 4.49. The number of hydrogen-bond donors (Lipinski definition) is 8. The third-order valence-corrected chi connectivity index (χ3v) is 7.04. The molecule has 42 heavy (non-hydrogen) atoms. The van der Waals surface area contributed by atoms with Gasteiger partial charge in [-0.2, -0.15) is 0 Å². The van der Waals surface area contributed by atoms with E-state index < -0.39 is 79.9 Å². The molecule has 1 fully saturated rings. The van der Waals surface area contributed by atoms with Gasteiger partial charge in [0.2, 0.25) is 23.6 Å². The monoisotopic (exact) mass is 614 g/mol. The van der Waals surface area contributed by atoms with Crippen LogP contribution in [0.25, 0.3) is 0 Å². The van der Waals surface area contributed by atoms with Gasteiger partial charge >= 0.3 is 19.8 Å². The predicted molar refractivity (Wildman–Crippen MR) is 144 cm³/mol. The highest BCUT2D eigenvalue weighted by atomic mass is 31.2. The predicted octanol–water partition coefficient (Wildman–Crippen LogP) is -0.571. The van der Waals surface area contributed by atoms with E-state index >= 15 is 0 Å². The van der Waals surface area contributed by atoms with Crippen LogP contribution in [-0.4, -0.2) is 79.7 Å². The number of carboxylic acid groups (broad SMARTS) is 2. The van der Waals surface area contributed by atoms with Crippen LogP contribution in [-0.2, 0) is 39.8 Å². The summed E-state index contributed by atoms with van der Waals surface area (Å²) in [6, 6.07) is 0.950. The van der Waals surface area contributed by atoms with E-state index in [0.29, 0.717) is 12.0 Å². The molecule has 0 radical (unpaired) electrons. The lowest BCUT2D eigenvalue weighted by Crippen LogP contribution is -2.62. The van der Waals surface area contributed by atoms with Crippen molar-refractivity contribution in [2.45, 2.75) is 76.5 Å². The molecule has 1 heterocycles. The van der Waals surface area contributed by atoms with E-state index in [9.17, 15) is 38.4 Å². The Morgan fingerprint density at radius 3 is 2.12 bits per heavy atom. The molecule has 16 nitrogen and oxygen atoms in total. The number of carbonyl (C=O) groups excluding carboxylic acids is 4. The number of hydrogen-bond acceptors (Lipinski definition) is 8. The molecule has 1 aromatic carbocycles. The van der Waals surface area contributed by atoms with Crippen LogP contribution in [0.2, 0.25) is 0 Å². The number of phosphoric ester groups is 1. The second-order valence-electron chi connectivity index (χ2n) is 9.85. The molecule has 0 saturated carbocycles. The minimum absolute atomic E-state index is 0.0648. The van der Waals surface area contributed by atoms with Crippen molar-refractivity contribution in [3.63, 3.8) is 0 Å². The normalized spacial score (nSPS) is 19.0. The summed E-state index contributed by atoms with van der Waals surface area (Å²) in [5.74, 6) is -5.67. The molecule has 5 atom stereocenters. The maximum atomic E-state index is 12.7. The van der Waals surface area contributed by atoms with Gasteiger partial charge in [-0.3, -0.25) is 33.8 Å². The van der Waals surface area contributed by atoms with Gasteiger partial charge in [-0.25, -0.2) is 9.36 Å². The summed E-state index contributed by atoms with van der Waals surface area (Å²) in [6.07, 6.45) is -0.706. The standard InChI is InChI=1S/C25H35N4O12P/c1-3-13(2)21(25(36)37)29-23(34)16(9-11-20(31)32)26-19(30)10-8-17-22(33)28-18(24(35)27-17)12-14-4-6-15(7-5-14)41-42(38,39)40/h4-7,13,16-18,21H,3,8-12H2,1-2H3,(H,26,30)(H,27,35)(H,28,33)(H,29,34)(H,31,32)(H,36,37)(H2,38,39,40)/t13-,16-,17-,18-,21-/m0/s1. The molecule has 0 aliphatic carbocycles. The van der Waals surface area contributed by atoms with Crippen LogP contribution in [0, 0.1) is 5.92 Å². The highest BCUT2D eigenvalue weighted by Gasteiger charge is 2.34.